The Morgan fingerprint density at radius 2 is 0.827 bits per heavy atom. The normalized spacial score (nSPS) is 11.5. The highest BCUT2D eigenvalue weighted by Gasteiger charge is 2.20. The smallest absolute Gasteiger partial charge is 0.0640 e. The van der Waals surface area contributed by atoms with E-state index in [9.17, 15) is 0 Å². The van der Waals surface area contributed by atoms with Gasteiger partial charge in [-0.05, 0) is 97.4 Å². The fourth-order valence-corrected chi connectivity index (χ4v) is 9.10. The summed E-state index contributed by atoms with van der Waals surface area (Å²) in [5.74, 6) is 0. The maximum absolute atomic E-state index is 2.40. The molecule has 0 unspecified atom stereocenters. The van der Waals surface area contributed by atoms with Crippen LogP contribution in [0.3, 0.4) is 0 Å². The quantitative estimate of drug-likeness (QED) is 0.158. The molecule has 0 N–H and O–H groups in total. The van der Waals surface area contributed by atoms with E-state index in [2.05, 4.69) is 205 Å². The number of fused-ring (bicyclic) bond motifs is 6. The molecule has 1 aromatic heterocycles. The third kappa shape index (κ3) is 5.07. The SMILES string of the molecule is c1ccc(-c2c(-c3ccccc3)c3cc(-c4ccc(N(c5ccccc5)c5cccc6c5sc5ccccc56)cc4)ccc3c3ccccc23)cc1. The molecule has 10 rings (SSSR count). The molecular weight excluding hydrogens is 647 g/mol. The fourth-order valence-electron chi connectivity index (χ4n) is 7.90. The molecule has 0 amide bonds. The Morgan fingerprint density at radius 1 is 0.308 bits per heavy atom. The number of thiophene rings is 1. The standard InChI is InChI=1S/C50H33NS/c1-4-15-35(16-5-1)48-43-23-11-10-21-40(43)41-32-29-37(33-45(41)49(48)36-17-6-2-7-18-36)34-27-30-39(31-28-34)51(38-19-8-3-9-20-38)46-25-14-24-44-42-22-12-13-26-47(42)52-50(44)46/h1-33H. The zero-order valence-electron chi connectivity index (χ0n) is 28.4. The second-order valence-electron chi connectivity index (χ2n) is 13.3. The van der Waals surface area contributed by atoms with E-state index in [0.717, 1.165) is 11.4 Å². The van der Waals surface area contributed by atoms with Crippen molar-refractivity contribution in [2.45, 2.75) is 0 Å². The van der Waals surface area contributed by atoms with E-state index < -0.39 is 0 Å². The molecule has 0 spiro atoms. The molecular formula is C50H33NS. The lowest BCUT2D eigenvalue weighted by molar-refractivity contribution is 1.30. The molecule has 0 saturated heterocycles. The third-order valence-electron chi connectivity index (χ3n) is 10.2. The number of rotatable bonds is 6. The van der Waals surface area contributed by atoms with Gasteiger partial charge < -0.3 is 4.90 Å². The summed E-state index contributed by atoms with van der Waals surface area (Å²) in [7, 11) is 0. The predicted molar refractivity (Wildman–Crippen MR) is 225 cm³/mol. The van der Waals surface area contributed by atoms with Crippen molar-refractivity contribution >= 4 is 70.1 Å². The van der Waals surface area contributed by atoms with E-state index in [1.807, 2.05) is 11.3 Å². The molecule has 10 aromatic rings. The van der Waals surface area contributed by atoms with E-state index in [1.165, 1.54) is 80.8 Å². The number of hydrogen-bond donors (Lipinski definition) is 0. The Kier molecular flexibility index (Phi) is 7.41. The van der Waals surface area contributed by atoms with Crippen molar-refractivity contribution in [2.75, 3.05) is 4.90 Å². The summed E-state index contributed by atoms with van der Waals surface area (Å²) < 4.78 is 2.60. The van der Waals surface area contributed by atoms with Gasteiger partial charge in [0.15, 0.2) is 0 Å². The van der Waals surface area contributed by atoms with E-state index in [4.69, 9.17) is 0 Å². The largest absolute Gasteiger partial charge is 0.309 e. The predicted octanol–water partition coefficient (Wildman–Crippen LogP) is 14.8. The summed E-state index contributed by atoms with van der Waals surface area (Å²) in [5, 5.41) is 7.66. The van der Waals surface area contributed by atoms with Crippen LogP contribution in [0.25, 0.3) is 75.1 Å². The molecule has 9 aromatic carbocycles. The molecule has 0 atom stereocenters. The highest BCUT2D eigenvalue weighted by atomic mass is 32.1. The second-order valence-corrected chi connectivity index (χ2v) is 14.3. The molecule has 52 heavy (non-hydrogen) atoms. The highest BCUT2D eigenvalue weighted by molar-refractivity contribution is 7.26. The van der Waals surface area contributed by atoms with Gasteiger partial charge in [-0.25, -0.2) is 0 Å². The van der Waals surface area contributed by atoms with Crippen LogP contribution in [0.5, 0.6) is 0 Å². The van der Waals surface area contributed by atoms with Crippen LogP contribution in [-0.4, -0.2) is 0 Å². The summed E-state index contributed by atoms with van der Waals surface area (Å²) in [6, 6.07) is 72.8. The average Bonchev–Trinajstić information content (AvgIpc) is 3.61. The minimum absolute atomic E-state index is 1.13. The Balaban J connectivity index is 1.15. The first kappa shape index (κ1) is 30.4. The van der Waals surface area contributed by atoms with E-state index in [0.29, 0.717) is 0 Å². The van der Waals surface area contributed by atoms with Gasteiger partial charge in [-0.2, -0.15) is 0 Å². The summed E-state index contributed by atoms with van der Waals surface area (Å²) >= 11 is 1.87. The van der Waals surface area contributed by atoms with Gasteiger partial charge in [-0.3, -0.25) is 0 Å². The van der Waals surface area contributed by atoms with Crippen LogP contribution < -0.4 is 4.90 Å². The minimum atomic E-state index is 1.13. The fraction of sp³-hybridized carbons (Fsp3) is 0. The van der Waals surface area contributed by atoms with Crippen LogP contribution in [0.1, 0.15) is 0 Å². The van der Waals surface area contributed by atoms with Gasteiger partial charge in [-0.1, -0.05) is 158 Å². The number of anilines is 3. The van der Waals surface area contributed by atoms with Crippen LogP contribution in [0, 0.1) is 0 Å². The van der Waals surface area contributed by atoms with E-state index >= 15 is 0 Å². The van der Waals surface area contributed by atoms with Crippen LogP contribution in [0.15, 0.2) is 200 Å². The molecule has 0 aliphatic carbocycles. The lowest BCUT2D eigenvalue weighted by atomic mass is 9.84. The van der Waals surface area contributed by atoms with Crippen molar-refractivity contribution in [1.29, 1.82) is 0 Å². The van der Waals surface area contributed by atoms with Crippen molar-refractivity contribution in [3.63, 3.8) is 0 Å². The Morgan fingerprint density at radius 3 is 1.54 bits per heavy atom. The summed E-state index contributed by atoms with van der Waals surface area (Å²) in [6.45, 7) is 0. The highest BCUT2D eigenvalue weighted by Crippen LogP contribution is 2.47. The molecule has 0 aliphatic rings. The first-order valence-corrected chi connectivity index (χ1v) is 18.6. The maximum Gasteiger partial charge on any atom is 0.0640 e. The average molecular weight is 680 g/mol. The third-order valence-corrected chi connectivity index (χ3v) is 11.5. The van der Waals surface area contributed by atoms with Crippen molar-refractivity contribution in [3.8, 4) is 33.4 Å². The maximum atomic E-state index is 2.40. The van der Waals surface area contributed by atoms with Crippen LogP contribution in [0.4, 0.5) is 17.1 Å². The molecule has 2 heteroatoms. The van der Waals surface area contributed by atoms with Crippen molar-refractivity contribution in [2.24, 2.45) is 0 Å². The van der Waals surface area contributed by atoms with Gasteiger partial charge in [0.05, 0.1) is 10.4 Å². The molecule has 0 fully saturated rings. The van der Waals surface area contributed by atoms with Gasteiger partial charge in [0, 0.05) is 26.8 Å². The van der Waals surface area contributed by atoms with Crippen LogP contribution >= 0.6 is 11.3 Å². The Labute approximate surface area is 307 Å². The van der Waals surface area contributed by atoms with Crippen LogP contribution in [-0.2, 0) is 0 Å². The Bertz CT molecular complexity index is 2870. The number of benzene rings is 9. The molecule has 244 valence electrons. The lowest BCUT2D eigenvalue weighted by Crippen LogP contribution is -2.09. The summed E-state index contributed by atoms with van der Waals surface area (Å²) in [4.78, 5) is 2.40. The molecule has 0 aliphatic heterocycles. The van der Waals surface area contributed by atoms with E-state index in [-0.39, 0.29) is 0 Å². The first-order chi connectivity index (χ1) is 25.8. The molecule has 0 bridgehead atoms. The number of para-hydroxylation sites is 1. The van der Waals surface area contributed by atoms with Gasteiger partial charge in [0.1, 0.15) is 0 Å². The van der Waals surface area contributed by atoms with Crippen LogP contribution in [0.2, 0.25) is 0 Å². The number of nitrogens with zero attached hydrogens (tertiary/aromatic N) is 1. The van der Waals surface area contributed by atoms with E-state index in [1.54, 1.807) is 0 Å². The monoisotopic (exact) mass is 679 g/mol. The van der Waals surface area contributed by atoms with Gasteiger partial charge >= 0.3 is 0 Å². The van der Waals surface area contributed by atoms with Crippen molar-refractivity contribution < 1.29 is 0 Å². The van der Waals surface area contributed by atoms with Crippen molar-refractivity contribution in [1.82, 2.24) is 0 Å². The van der Waals surface area contributed by atoms with Gasteiger partial charge in [0.25, 0.3) is 0 Å². The summed E-state index contributed by atoms with van der Waals surface area (Å²) in [5.41, 5.74) is 10.8. The molecule has 1 heterocycles. The first-order valence-electron chi connectivity index (χ1n) is 17.8. The molecule has 0 radical (unpaired) electrons. The number of hydrogen-bond acceptors (Lipinski definition) is 2. The molecule has 1 nitrogen and oxygen atoms in total. The lowest BCUT2D eigenvalue weighted by Gasteiger charge is -2.26. The van der Waals surface area contributed by atoms with Gasteiger partial charge in [0.2, 0.25) is 0 Å². The zero-order valence-corrected chi connectivity index (χ0v) is 29.2. The van der Waals surface area contributed by atoms with Crippen molar-refractivity contribution in [3.05, 3.63) is 200 Å². The Hall–Kier alpha value is -6.48. The molecule has 0 saturated carbocycles. The van der Waals surface area contributed by atoms with Gasteiger partial charge in [-0.15, -0.1) is 11.3 Å². The topological polar surface area (TPSA) is 3.24 Å². The zero-order chi connectivity index (χ0) is 34.4. The second kappa shape index (κ2) is 12.7. The summed E-state index contributed by atoms with van der Waals surface area (Å²) in [6.07, 6.45) is 0. The minimum Gasteiger partial charge on any atom is -0.309 e.